The highest BCUT2D eigenvalue weighted by Crippen LogP contribution is 2.29. The fourth-order valence-electron chi connectivity index (χ4n) is 2.05. The number of benzene rings is 1. The van der Waals surface area contributed by atoms with Crippen LogP contribution in [-0.2, 0) is 0 Å². The van der Waals surface area contributed by atoms with E-state index in [-0.39, 0.29) is 11.9 Å². The molecule has 0 aliphatic carbocycles. The molecule has 1 N–H and O–H groups in total. The first-order chi connectivity index (χ1) is 10.5. The summed E-state index contributed by atoms with van der Waals surface area (Å²) >= 11 is 5.72. The number of halogens is 1. The zero-order valence-electron chi connectivity index (χ0n) is 12.6. The van der Waals surface area contributed by atoms with Gasteiger partial charge in [-0.2, -0.15) is 0 Å². The average molecular weight is 321 g/mol. The van der Waals surface area contributed by atoms with Crippen molar-refractivity contribution in [1.82, 2.24) is 10.3 Å². The van der Waals surface area contributed by atoms with E-state index in [1.807, 2.05) is 13.0 Å². The van der Waals surface area contributed by atoms with E-state index in [1.54, 1.807) is 38.5 Å². The lowest BCUT2D eigenvalue weighted by Crippen LogP contribution is -2.27. The third-order valence-corrected chi connectivity index (χ3v) is 3.46. The van der Waals surface area contributed by atoms with Crippen molar-refractivity contribution in [3.8, 4) is 11.5 Å². The van der Waals surface area contributed by atoms with Crippen molar-refractivity contribution in [2.24, 2.45) is 0 Å². The summed E-state index contributed by atoms with van der Waals surface area (Å²) in [5.74, 6) is 1.15. The Morgan fingerprint density at radius 1 is 1.23 bits per heavy atom. The van der Waals surface area contributed by atoms with Crippen LogP contribution in [-0.4, -0.2) is 25.1 Å². The molecule has 1 atom stereocenters. The van der Waals surface area contributed by atoms with Gasteiger partial charge >= 0.3 is 0 Å². The number of pyridine rings is 1. The molecule has 1 heterocycles. The molecule has 116 valence electrons. The Bertz CT molecular complexity index is 659. The number of aromatic nitrogens is 1. The molecule has 0 aliphatic heterocycles. The lowest BCUT2D eigenvalue weighted by Gasteiger charge is -2.18. The third-order valence-electron chi connectivity index (χ3n) is 3.24. The summed E-state index contributed by atoms with van der Waals surface area (Å²) in [5, 5.41) is 3.25. The Morgan fingerprint density at radius 3 is 2.59 bits per heavy atom. The summed E-state index contributed by atoms with van der Waals surface area (Å²) in [6, 6.07) is 8.39. The van der Waals surface area contributed by atoms with Crippen LogP contribution in [0, 0.1) is 0 Å². The normalized spacial score (nSPS) is 11.6. The van der Waals surface area contributed by atoms with Crippen molar-refractivity contribution >= 4 is 17.5 Å². The van der Waals surface area contributed by atoms with Gasteiger partial charge in [0.2, 0.25) is 0 Å². The van der Waals surface area contributed by atoms with E-state index < -0.39 is 0 Å². The Kier molecular flexibility index (Phi) is 5.22. The van der Waals surface area contributed by atoms with E-state index in [2.05, 4.69) is 10.3 Å². The quantitative estimate of drug-likeness (QED) is 0.859. The summed E-state index contributed by atoms with van der Waals surface area (Å²) in [6.07, 6.45) is 1.44. The van der Waals surface area contributed by atoms with Crippen molar-refractivity contribution in [3.63, 3.8) is 0 Å². The van der Waals surface area contributed by atoms with Crippen LogP contribution in [0.5, 0.6) is 11.5 Å². The molecular formula is C16H17ClN2O3. The molecule has 6 heteroatoms. The van der Waals surface area contributed by atoms with Gasteiger partial charge in [-0.05, 0) is 37.3 Å². The Hall–Kier alpha value is -2.27. The van der Waals surface area contributed by atoms with Crippen LogP contribution in [0.25, 0.3) is 0 Å². The first-order valence-electron chi connectivity index (χ1n) is 6.69. The van der Waals surface area contributed by atoms with Crippen LogP contribution in [0.4, 0.5) is 0 Å². The van der Waals surface area contributed by atoms with Crippen molar-refractivity contribution < 1.29 is 14.3 Å². The van der Waals surface area contributed by atoms with Gasteiger partial charge in [-0.3, -0.25) is 4.79 Å². The predicted molar refractivity (Wildman–Crippen MR) is 84.7 cm³/mol. The molecule has 5 nitrogen and oxygen atoms in total. The number of hydrogen-bond acceptors (Lipinski definition) is 4. The summed E-state index contributed by atoms with van der Waals surface area (Å²) in [4.78, 5) is 16.1. The fraction of sp³-hybridized carbons (Fsp3) is 0.250. The fourth-order valence-corrected chi connectivity index (χ4v) is 2.16. The molecule has 22 heavy (non-hydrogen) atoms. The van der Waals surface area contributed by atoms with Gasteiger partial charge in [-0.15, -0.1) is 0 Å². The molecule has 1 amide bonds. The molecule has 0 saturated carbocycles. The van der Waals surface area contributed by atoms with Crippen LogP contribution in [0.15, 0.2) is 36.5 Å². The lowest BCUT2D eigenvalue weighted by molar-refractivity contribution is 0.0939. The van der Waals surface area contributed by atoms with Gasteiger partial charge in [-0.1, -0.05) is 11.6 Å². The van der Waals surface area contributed by atoms with E-state index in [4.69, 9.17) is 21.1 Å². The number of rotatable bonds is 5. The summed E-state index contributed by atoms with van der Waals surface area (Å²) in [5.41, 5.74) is 1.27. The van der Waals surface area contributed by atoms with Gasteiger partial charge in [-0.25, -0.2) is 4.98 Å². The second-order valence-corrected chi connectivity index (χ2v) is 5.06. The molecule has 1 aromatic carbocycles. The van der Waals surface area contributed by atoms with Gasteiger partial charge in [0, 0.05) is 11.8 Å². The van der Waals surface area contributed by atoms with E-state index >= 15 is 0 Å². The Morgan fingerprint density at radius 2 is 2.00 bits per heavy atom. The smallest absolute Gasteiger partial charge is 0.253 e. The lowest BCUT2D eigenvalue weighted by atomic mass is 10.1. The molecule has 0 fully saturated rings. The summed E-state index contributed by atoms with van der Waals surface area (Å²) in [6.45, 7) is 1.87. The first-order valence-corrected chi connectivity index (χ1v) is 7.07. The highest BCUT2D eigenvalue weighted by molar-refractivity contribution is 6.29. The van der Waals surface area contributed by atoms with Crippen LogP contribution < -0.4 is 14.8 Å². The number of carbonyl (C=O) groups excluding carboxylic acids is 1. The van der Waals surface area contributed by atoms with E-state index in [0.717, 1.165) is 5.56 Å². The molecule has 0 unspecified atom stereocenters. The number of nitrogens with zero attached hydrogens (tertiary/aromatic N) is 1. The third kappa shape index (κ3) is 3.68. The SMILES string of the molecule is COc1ccc(OC)c([C@@H](C)NC(=O)c2ccc(Cl)nc2)c1. The second kappa shape index (κ2) is 7.13. The Balaban J connectivity index is 2.19. The molecule has 1 aromatic heterocycles. The minimum Gasteiger partial charge on any atom is -0.497 e. The maximum absolute atomic E-state index is 12.2. The number of amides is 1. The number of hydrogen-bond donors (Lipinski definition) is 1. The highest BCUT2D eigenvalue weighted by Gasteiger charge is 2.16. The molecule has 0 bridgehead atoms. The van der Waals surface area contributed by atoms with Crippen LogP contribution in [0.1, 0.15) is 28.9 Å². The number of methoxy groups -OCH3 is 2. The molecule has 0 spiro atoms. The monoisotopic (exact) mass is 320 g/mol. The number of ether oxygens (including phenoxy) is 2. The van der Waals surface area contributed by atoms with Gasteiger partial charge < -0.3 is 14.8 Å². The molecule has 2 rings (SSSR count). The van der Waals surface area contributed by atoms with Crippen molar-refractivity contribution in [1.29, 1.82) is 0 Å². The van der Waals surface area contributed by atoms with E-state index in [9.17, 15) is 4.79 Å². The molecule has 2 aromatic rings. The topological polar surface area (TPSA) is 60.5 Å². The van der Waals surface area contributed by atoms with E-state index in [1.165, 1.54) is 6.20 Å². The molecule has 0 aliphatic rings. The van der Waals surface area contributed by atoms with Crippen molar-refractivity contribution in [3.05, 3.63) is 52.8 Å². The predicted octanol–water partition coefficient (Wildman–Crippen LogP) is 3.24. The molecular weight excluding hydrogens is 304 g/mol. The van der Waals surface area contributed by atoms with Crippen molar-refractivity contribution in [2.45, 2.75) is 13.0 Å². The first kappa shape index (κ1) is 16.1. The zero-order chi connectivity index (χ0) is 16.1. The van der Waals surface area contributed by atoms with E-state index in [0.29, 0.717) is 22.2 Å². The average Bonchev–Trinajstić information content (AvgIpc) is 2.54. The van der Waals surface area contributed by atoms with Gasteiger partial charge in [0.05, 0.1) is 25.8 Å². The van der Waals surface area contributed by atoms with Gasteiger partial charge in [0.1, 0.15) is 16.7 Å². The Labute approximate surface area is 134 Å². The summed E-state index contributed by atoms with van der Waals surface area (Å²) < 4.78 is 10.5. The maximum Gasteiger partial charge on any atom is 0.253 e. The molecule has 0 radical (unpaired) electrons. The largest absolute Gasteiger partial charge is 0.497 e. The standard InChI is InChI=1S/C16H17ClN2O3/c1-10(13-8-12(21-2)5-6-14(13)22-3)19-16(20)11-4-7-15(17)18-9-11/h4-10H,1-3H3,(H,19,20)/t10-/m1/s1. The number of carbonyl (C=O) groups is 1. The minimum absolute atomic E-state index is 0.235. The maximum atomic E-state index is 12.2. The molecule has 0 saturated heterocycles. The zero-order valence-corrected chi connectivity index (χ0v) is 13.3. The minimum atomic E-state index is -0.256. The van der Waals surface area contributed by atoms with Gasteiger partial charge in [0.15, 0.2) is 0 Å². The van der Waals surface area contributed by atoms with Gasteiger partial charge in [0.25, 0.3) is 5.91 Å². The van der Waals surface area contributed by atoms with Crippen LogP contribution >= 0.6 is 11.6 Å². The second-order valence-electron chi connectivity index (χ2n) is 4.67. The summed E-state index contributed by atoms with van der Waals surface area (Å²) in [7, 11) is 3.18. The highest BCUT2D eigenvalue weighted by atomic mass is 35.5. The van der Waals surface area contributed by atoms with Crippen LogP contribution in [0.3, 0.4) is 0 Å². The van der Waals surface area contributed by atoms with Crippen LogP contribution in [0.2, 0.25) is 5.15 Å². The number of nitrogens with one attached hydrogen (secondary N) is 1. The van der Waals surface area contributed by atoms with Crippen molar-refractivity contribution in [2.75, 3.05) is 14.2 Å².